The van der Waals surface area contributed by atoms with Gasteiger partial charge in [0.25, 0.3) is 0 Å². The van der Waals surface area contributed by atoms with Gasteiger partial charge in [0.15, 0.2) is 5.13 Å². The Morgan fingerprint density at radius 1 is 1.67 bits per heavy atom. The third-order valence-corrected chi connectivity index (χ3v) is 2.59. The SMILES string of the molecule is O=C(O)CNc1nc(-c2cc[nH]c2)cs1. The van der Waals surface area contributed by atoms with Crippen molar-refractivity contribution in [2.75, 3.05) is 11.9 Å². The van der Waals surface area contributed by atoms with E-state index in [0.29, 0.717) is 5.13 Å². The first-order valence-corrected chi connectivity index (χ1v) is 5.18. The fourth-order valence-electron chi connectivity index (χ4n) is 1.12. The summed E-state index contributed by atoms with van der Waals surface area (Å²) < 4.78 is 0. The van der Waals surface area contributed by atoms with Crippen molar-refractivity contribution in [2.45, 2.75) is 0 Å². The number of anilines is 1. The van der Waals surface area contributed by atoms with Crippen LogP contribution in [0.1, 0.15) is 0 Å². The van der Waals surface area contributed by atoms with Gasteiger partial charge in [0, 0.05) is 23.3 Å². The molecule has 2 aromatic rings. The van der Waals surface area contributed by atoms with Gasteiger partial charge in [-0.3, -0.25) is 4.79 Å². The topological polar surface area (TPSA) is 78.0 Å². The average Bonchev–Trinajstić information content (AvgIpc) is 2.85. The minimum atomic E-state index is -0.895. The van der Waals surface area contributed by atoms with Crippen molar-refractivity contribution in [1.29, 1.82) is 0 Å². The number of aromatic nitrogens is 2. The summed E-state index contributed by atoms with van der Waals surface area (Å²) in [5.74, 6) is -0.895. The maximum Gasteiger partial charge on any atom is 0.322 e. The van der Waals surface area contributed by atoms with E-state index in [4.69, 9.17) is 5.11 Å². The molecule has 0 saturated heterocycles. The van der Waals surface area contributed by atoms with Crippen molar-refractivity contribution in [3.8, 4) is 11.3 Å². The Morgan fingerprint density at radius 2 is 2.53 bits per heavy atom. The van der Waals surface area contributed by atoms with Gasteiger partial charge in [-0.05, 0) is 6.07 Å². The summed E-state index contributed by atoms with van der Waals surface area (Å²) in [4.78, 5) is 17.5. The Balaban J connectivity index is 2.08. The van der Waals surface area contributed by atoms with Gasteiger partial charge in [-0.2, -0.15) is 0 Å². The van der Waals surface area contributed by atoms with Gasteiger partial charge >= 0.3 is 5.97 Å². The number of carbonyl (C=O) groups is 1. The highest BCUT2D eigenvalue weighted by Crippen LogP contribution is 2.23. The molecule has 2 rings (SSSR count). The number of carboxylic acids is 1. The molecule has 0 bridgehead atoms. The molecule has 2 aromatic heterocycles. The quantitative estimate of drug-likeness (QED) is 0.736. The zero-order valence-corrected chi connectivity index (χ0v) is 8.54. The molecule has 0 radical (unpaired) electrons. The van der Waals surface area contributed by atoms with Crippen LogP contribution in [0.4, 0.5) is 5.13 Å². The second-order valence-corrected chi connectivity index (χ2v) is 3.74. The number of H-pyrrole nitrogens is 1. The minimum absolute atomic E-state index is 0.111. The first kappa shape index (κ1) is 9.72. The molecule has 78 valence electrons. The van der Waals surface area contributed by atoms with Gasteiger partial charge in [-0.15, -0.1) is 11.3 Å². The van der Waals surface area contributed by atoms with Crippen molar-refractivity contribution in [2.24, 2.45) is 0 Å². The molecule has 6 heteroatoms. The number of hydrogen-bond acceptors (Lipinski definition) is 4. The molecule has 0 aromatic carbocycles. The van der Waals surface area contributed by atoms with Crippen LogP contribution in [0.15, 0.2) is 23.8 Å². The van der Waals surface area contributed by atoms with Gasteiger partial charge in [-0.1, -0.05) is 0 Å². The Kier molecular flexibility index (Phi) is 2.68. The number of nitrogens with zero attached hydrogens (tertiary/aromatic N) is 1. The lowest BCUT2D eigenvalue weighted by atomic mass is 10.3. The number of carboxylic acid groups (broad SMARTS) is 1. The van der Waals surface area contributed by atoms with Crippen molar-refractivity contribution in [3.05, 3.63) is 23.8 Å². The lowest BCUT2D eigenvalue weighted by Crippen LogP contribution is -2.11. The van der Waals surface area contributed by atoms with Gasteiger partial charge in [-0.25, -0.2) is 4.98 Å². The Labute approximate surface area is 89.8 Å². The number of nitrogens with one attached hydrogen (secondary N) is 2. The molecular weight excluding hydrogens is 214 g/mol. The van der Waals surface area contributed by atoms with Crippen molar-refractivity contribution in [3.63, 3.8) is 0 Å². The van der Waals surface area contributed by atoms with E-state index in [1.54, 1.807) is 0 Å². The van der Waals surface area contributed by atoms with Crippen LogP contribution in [0.25, 0.3) is 11.3 Å². The van der Waals surface area contributed by atoms with Crippen LogP contribution in [0, 0.1) is 0 Å². The van der Waals surface area contributed by atoms with Gasteiger partial charge in [0.05, 0.1) is 5.69 Å². The molecule has 0 aliphatic rings. The van der Waals surface area contributed by atoms with Crippen molar-refractivity contribution in [1.82, 2.24) is 9.97 Å². The van der Waals surface area contributed by atoms with E-state index in [-0.39, 0.29) is 6.54 Å². The number of hydrogen-bond donors (Lipinski definition) is 3. The highest BCUT2D eigenvalue weighted by molar-refractivity contribution is 7.14. The number of aliphatic carboxylic acids is 1. The Bertz CT molecular complexity index is 450. The predicted molar refractivity (Wildman–Crippen MR) is 58.0 cm³/mol. The molecule has 0 atom stereocenters. The predicted octanol–water partition coefficient (Wildman–Crippen LogP) is 1.63. The van der Waals surface area contributed by atoms with E-state index in [1.165, 1.54) is 11.3 Å². The number of thiazole rings is 1. The standard InChI is InChI=1S/C9H9N3O2S/c13-8(14)4-11-9-12-7(5-15-9)6-1-2-10-3-6/h1-3,5,10H,4H2,(H,11,12)(H,13,14). The van der Waals surface area contributed by atoms with Crippen molar-refractivity contribution < 1.29 is 9.90 Å². The van der Waals surface area contributed by atoms with E-state index in [0.717, 1.165) is 11.3 Å². The number of rotatable bonds is 4. The normalized spacial score (nSPS) is 10.1. The molecule has 0 amide bonds. The summed E-state index contributed by atoms with van der Waals surface area (Å²) in [5, 5.41) is 13.7. The fourth-order valence-corrected chi connectivity index (χ4v) is 1.84. The van der Waals surface area contributed by atoms with E-state index in [9.17, 15) is 4.79 Å². The lowest BCUT2D eigenvalue weighted by molar-refractivity contribution is -0.134. The molecule has 0 aliphatic heterocycles. The zero-order valence-electron chi connectivity index (χ0n) is 7.73. The number of aromatic amines is 1. The van der Waals surface area contributed by atoms with E-state index in [2.05, 4.69) is 15.3 Å². The molecule has 0 aliphatic carbocycles. The van der Waals surface area contributed by atoms with Gasteiger partial charge < -0.3 is 15.4 Å². The van der Waals surface area contributed by atoms with E-state index in [1.807, 2.05) is 23.8 Å². The molecule has 15 heavy (non-hydrogen) atoms. The first-order valence-electron chi connectivity index (χ1n) is 4.30. The molecule has 0 spiro atoms. The van der Waals surface area contributed by atoms with Crippen LogP contribution >= 0.6 is 11.3 Å². The molecule has 2 heterocycles. The van der Waals surface area contributed by atoms with Crippen LogP contribution in [0.5, 0.6) is 0 Å². The molecular formula is C9H9N3O2S. The summed E-state index contributed by atoms with van der Waals surface area (Å²) in [7, 11) is 0. The summed E-state index contributed by atoms with van der Waals surface area (Å²) in [5.41, 5.74) is 1.84. The summed E-state index contributed by atoms with van der Waals surface area (Å²) in [6.45, 7) is -0.111. The maximum absolute atomic E-state index is 10.3. The molecule has 3 N–H and O–H groups in total. The summed E-state index contributed by atoms with van der Waals surface area (Å²) >= 11 is 1.39. The highest BCUT2D eigenvalue weighted by Gasteiger charge is 2.05. The van der Waals surface area contributed by atoms with Gasteiger partial charge in [0.2, 0.25) is 0 Å². The average molecular weight is 223 g/mol. The molecule has 0 fully saturated rings. The third-order valence-electron chi connectivity index (χ3n) is 1.79. The third kappa shape index (κ3) is 2.35. The van der Waals surface area contributed by atoms with Gasteiger partial charge in [0.1, 0.15) is 6.54 Å². The fraction of sp³-hybridized carbons (Fsp3) is 0.111. The second-order valence-electron chi connectivity index (χ2n) is 2.88. The zero-order chi connectivity index (χ0) is 10.7. The van der Waals surface area contributed by atoms with Crippen LogP contribution in [-0.2, 0) is 4.79 Å². The van der Waals surface area contributed by atoms with Crippen LogP contribution < -0.4 is 5.32 Å². The van der Waals surface area contributed by atoms with E-state index >= 15 is 0 Å². The lowest BCUT2D eigenvalue weighted by Gasteiger charge is -1.95. The van der Waals surface area contributed by atoms with Crippen molar-refractivity contribution >= 4 is 22.4 Å². The first-order chi connectivity index (χ1) is 7.25. The largest absolute Gasteiger partial charge is 0.480 e. The summed E-state index contributed by atoms with van der Waals surface area (Å²) in [6.07, 6.45) is 3.66. The second kappa shape index (κ2) is 4.14. The Morgan fingerprint density at radius 3 is 3.20 bits per heavy atom. The van der Waals surface area contributed by atoms with Crippen LogP contribution in [-0.4, -0.2) is 27.6 Å². The van der Waals surface area contributed by atoms with Crippen LogP contribution in [0.3, 0.4) is 0 Å². The monoisotopic (exact) mass is 223 g/mol. The summed E-state index contributed by atoms with van der Waals surface area (Å²) in [6, 6.07) is 1.91. The maximum atomic E-state index is 10.3. The molecule has 0 saturated carbocycles. The highest BCUT2D eigenvalue weighted by atomic mass is 32.1. The smallest absolute Gasteiger partial charge is 0.322 e. The molecule has 5 nitrogen and oxygen atoms in total. The van der Waals surface area contributed by atoms with E-state index < -0.39 is 5.97 Å². The van der Waals surface area contributed by atoms with Crippen LogP contribution in [0.2, 0.25) is 0 Å². The molecule has 0 unspecified atom stereocenters. The minimum Gasteiger partial charge on any atom is -0.480 e. The Hall–Kier alpha value is -1.82.